The fourth-order valence-corrected chi connectivity index (χ4v) is 5.21. The van der Waals surface area contributed by atoms with Gasteiger partial charge in [-0.25, -0.2) is 0 Å². The minimum atomic E-state index is 0.274. The predicted molar refractivity (Wildman–Crippen MR) is 124 cm³/mol. The van der Waals surface area contributed by atoms with Gasteiger partial charge in [-0.3, -0.25) is 19.5 Å². The van der Waals surface area contributed by atoms with Crippen molar-refractivity contribution >= 4 is 30.3 Å². The van der Waals surface area contributed by atoms with Crippen LogP contribution in [0.5, 0.6) is 0 Å². The Morgan fingerprint density at radius 1 is 1.04 bits per heavy atom. The van der Waals surface area contributed by atoms with Gasteiger partial charge in [0.2, 0.25) is 5.91 Å². The lowest BCUT2D eigenvalue weighted by Gasteiger charge is -2.38. The fraction of sp³-hybridized carbons (Fsp3) is 0.950. The largest absolute Gasteiger partial charge is 0.340 e. The molecule has 2 atom stereocenters. The third-order valence-corrected chi connectivity index (χ3v) is 7.88. The van der Waals surface area contributed by atoms with Gasteiger partial charge >= 0.3 is 0 Å². The molecule has 2 fully saturated rings. The van der Waals surface area contributed by atoms with E-state index in [1.165, 1.54) is 25.9 Å². The predicted octanol–water partition coefficient (Wildman–Crippen LogP) is 1.79. The van der Waals surface area contributed by atoms with E-state index in [-0.39, 0.29) is 5.37 Å². The highest BCUT2D eigenvalue weighted by Gasteiger charge is 2.25. The third kappa shape index (κ3) is 7.69. The topological polar surface area (TPSA) is 33.3 Å². The van der Waals surface area contributed by atoms with Gasteiger partial charge in [0.15, 0.2) is 0 Å². The lowest BCUT2D eigenvalue weighted by molar-refractivity contribution is -0.133. The fourth-order valence-electron chi connectivity index (χ4n) is 3.96. The number of hydrogen-bond donors (Lipinski definition) is 1. The van der Waals surface area contributed by atoms with Crippen LogP contribution in [0.15, 0.2) is 0 Å². The van der Waals surface area contributed by atoms with Crippen molar-refractivity contribution in [3.63, 3.8) is 0 Å². The van der Waals surface area contributed by atoms with E-state index in [1.54, 1.807) is 0 Å². The monoisotopic (exact) mass is 431 g/mol. The number of piperazine rings is 1. The Labute approximate surface area is 182 Å². The van der Waals surface area contributed by atoms with E-state index in [0.717, 1.165) is 44.6 Å². The SMILES string of the molecule is CC(S)N1CCN(C(=O)CCN(C)CSC(C)N2CCC(N(C)C)CC2)CC1. The highest BCUT2D eigenvalue weighted by atomic mass is 32.2. The van der Waals surface area contributed by atoms with Gasteiger partial charge in [-0.2, -0.15) is 12.6 Å². The van der Waals surface area contributed by atoms with Gasteiger partial charge in [0, 0.05) is 64.2 Å². The zero-order chi connectivity index (χ0) is 20.7. The van der Waals surface area contributed by atoms with E-state index >= 15 is 0 Å². The van der Waals surface area contributed by atoms with Crippen LogP contribution < -0.4 is 0 Å². The molecule has 2 aliphatic rings. The summed E-state index contributed by atoms with van der Waals surface area (Å²) in [5, 5.41) is 0.814. The molecule has 0 N–H and O–H groups in total. The average molecular weight is 432 g/mol. The van der Waals surface area contributed by atoms with Crippen LogP contribution in [0.2, 0.25) is 0 Å². The second kappa shape index (κ2) is 12.0. The molecule has 28 heavy (non-hydrogen) atoms. The minimum Gasteiger partial charge on any atom is -0.340 e. The average Bonchev–Trinajstić information content (AvgIpc) is 2.70. The molecule has 2 aliphatic heterocycles. The Hall–Kier alpha value is 0.01000. The summed E-state index contributed by atoms with van der Waals surface area (Å²) in [5.41, 5.74) is 0. The van der Waals surface area contributed by atoms with Crippen molar-refractivity contribution in [2.75, 3.05) is 72.8 Å². The second-order valence-corrected chi connectivity index (χ2v) is 10.5. The zero-order valence-electron chi connectivity index (χ0n) is 18.5. The van der Waals surface area contributed by atoms with Crippen LogP contribution in [0.3, 0.4) is 0 Å². The molecule has 2 unspecified atom stereocenters. The van der Waals surface area contributed by atoms with Crippen LogP contribution in [0.4, 0.5) is 0 Å². The van der Waals surface area contributed by atoms with Crippen molar-refractivity contribution in [1.82, 2.24) is 24.5 Å². The number of thiol groups is 1. The van der Waals surface area contributed by atoms with Crippen molar-refractivity contribution in [2.45, 2.75) is 49.9 Å². The Bertz CT molecular complexity index is 464. The number of likely N-dealkylation sites (tertiary alicyclic amines) is 1. The summed E-state index contributed by atoms with van der Waals surface area (Å²) in [6, 6.07) is 0.736. The molecule has 164 valence electrons. The van der Waals surface area contributed by atoms with E-state index in [1.807, 2.05) is 16.7 Å². The lowest BCUT2D eigenvalue weighted by atomic mass is 10.0. The molecular formula is C20H41N5OS2. The second-order valence-electron chi connectivity index (χ2n) is 8.50. The highest BCUT2D eigenvalue weighted by Crippen LogP contribution is 2.22. The molecule has 8 heteroatoms. The maximum Gasteiger partial charge on any atom is 0.223 e. The van der Waals surface area contributed by atoms with Crippen molar-refractivity contribution < 1.29 is 4.79 Å². The quantitative estimate of drug-likeness (QED) is 0.443. The molecule has 2 rings (SSSR count). The minimum absolute atomic E-state index is 0.274. The summed E-state index contributed by atoms with van der Waals surface area (Å²) < 4.78 is 0. The molecule has 0 aromatic heterocycles. The molecule has 0 saturated carbocycles. The zero-order valence-corrected chi connectivity index (χ0v) is 20.2. The van der Waals surface area contributed by atoms with Gasteiger partial charge in [0.1, 0.15) is 0 Å². The van der Waals surface area contributed by atoms with Crippen LogP contribution >= 0.6 is 24.4 Å². The summed E-state index contributed by atoms with van der Waals surface area (Å²) in [5.74, 6) is 1.27. The molecule has 1 amide bonds. The number of amides is 1. The summed E-state index contributed by atoms with van der Waals surface area (Å²) in [7, 11) is 6.51. The first kappa shape index (κ1) is 24.3. The Morgan fingerprint density at radius 3 is 2.18 bits per heavy atom. The molecule has 0 aromatic carbocycles. The number of rotatable bonds is 9. The number of nitrogens with zero attached hydrogens (tertiary/aromatic N) is 5. The first-order chi connectivity index (χ1) is 13.3. The normalized spacial score (nSPS) is 22.8. The first-order valence-electron chi connectivity index (χ1n) is 10.7. The van der Waals surface area contributed by atoms with Crippen LogP contribution in [0.25, 0.3) is 0 Å². The van der Waals surface area contributed by atoms with Gasteiger partial charge in [-0.1, -0.05) is 0 Å². The standard InChI is InChI=1S/C20H41N5OS2/c1-17(27)23-12-14-25(15-13-23)20(26)8-9-22(5)16-28-18(2)24-10-6-19(7-11-24)21(3)4/h17-19,27H,6-16H2,1-5H3. The third-order valence-electron chi connectivity index (χ3n) is 6.18. The van der Waals surface area contributed by atoms with E-state index in [0.29, 0.717) is 17.7 Å². The number of hydrogen-bond acceptors (Lipinski definition) is 7. The Kier molecular flexibility index (Phi) is 10.4. The summed E-state index contributed by atoms with van der Waals surface area (Å²) in [6.07, 6.45) is 3.15. The van der Waals surface area contributed by atoms with Gasteiger partial charge in [0.25, 0.3) is 0 Å². The van der Waals surface area contributed by atoms with E-state index in [9.17, 15) is 4.79 Å². The van der Waals surface area contributed by atoms with Crippen LogP contribution in [0.1, 0.15) is 33.1 Å². The molecule has 2 heterocycles. The number of piperidine rings is 1. The molecule has 0 aromatic rings. The van der Waals surface area contributed by atoms with Crippen molar-refractivity contribution in [2.24, 2.45) is 0 Å². The summed E-state index contributed by atoms with van der Waals surface area (Å²) >= 11 is 6.48. The molecule has 0 spiro atoms. The maximum atomic E-state index is 12.5. The number of carbonyl (C=O) groups excluding carboxylic acids is 1. The van der Waals surface area contributed by atoms with Crippen LogP contribution in [-0.2, 0) is 4.79 Å². The lowest BCUT2D eigenvalue weighted by Crippen LogP contribution is -2.50. The van der Waals surface area contributed by atoms with Crippen molar-refractivity contribution in [3.05, 3.63) is 0 Å². The molecular weight excluding hydrogens is 390 g/mol. The van der Waals surface area contributed by atoms with Crippen LogP contribution in [0, 0.1) is 0 Å². The van der Waals surface area contributed by atoms with E-state index in [4.69, 9.17) is 0 Å². The van der Waals surface area contributed by atoms with Gasteiger partial charge < -0.3 is 9.80 Å². The molecule has 0 aliphatic carbocycles. The van der Waals surface area contributed by atoms with E-state index < -0.39 is 0 Å². The van der Waals surface area contributed by atoms with Crippen LogP contribution in [-0.4, -0.2) is 120 Å². The first-order valence-corrected chi connectivity index (χ1v) is 12.2. The maximum absolute atomic E-state index is 12.5. The molecule has 0 bridgehead atoms. The summed E-state index contributed by atoms with van der Waals surface area (Å²) in [4.78, 5) is 24.1. The molecule has 6 nitrogen and oxygen atoms in total. The number of carbonyl (C=O) groups is 1. The summed E-state index contributed by atoms with van der Waals surface area (Å²) in [6.45, 7) is 11.2. The smallest absolute Gasteiger partial charge is 0.223 e. The molecule has 2 saturated heterocycles. The van der Waals surface area contributed by atoms with Crippen molar-refractivity contribution in [1.29, 1.82) is 0 Å². The van der Waals surface area contributed by atoms with E-state index in [2.05, 4.69) is 67.2 Å². The Morgan fingerprint density at radius 2 is 1.64 bits per heavy atom. The highest BCUT2D eigenvalue weighted by molar-refractivity contribution is 7.99. The van der Waals surface area contributed by atoms with Crippen molar-refractivity contribution in [3.8, 4) is 0 Å². The van der Waals surface area contributed by atoms with Gasteiger partial charge in [0.05, 0.1) is 10.7 Å². The molecule has 0 radical (unpaired) electrons. The number of thioether (sulfide) groups is 1. The van der Waals surface area contributed by atoms with Gasteiger partial charge in [-0.15, -0.1) is 11.8 Å². The van der Waals surface area contributed by atoms with Gasteiger partial charge in [-0.05, 0) is 47.8 Å². The Balaban J connectivity index is 1.59.